The van der Waals surface area contributed by atoms with E-state index in [1.807, 2.05) is 12.1 Å². The van der Waals surface area contributed by atoms with Crippen LogP contribution in [0.2, 0.25) is 0 Å². The zero-order valence-electron chi connectivity index (χ0n) is 14.6. The highest BCUT2D eigenvalue weighted by Gasteiger charge is 2.20. The van der Waals surface area contributed by atoms with Crippen LogP contribution in [0.25, 0.3) is 10.9 Å². The van der Waals surface area contributed by atoms with Gasteiger partial charge in [-0.3, -0.25) is 0 Å². The normalized spacial score (nSPS) is 14.8. The second-order valence-electron chi connectivity index (χ2n) is 6.39. The second kappa shape index (κ2) is 6.59. The van der Waals surface area contributed by atoms with E-state index in [1.165, 1.54) is 11.3 Å². The first-order valence-corrected chi connectivity index (χ1v) is 8.60. The highest BCUT2D eigenvalue weighted by Crippen LogP contribution is 2.27. The lowest BCUT2D eigenvalue weighted by molar-refractivity contribution is 0.415. The van der Waals surface area contributed by atoms with Crippen LogP contribution in [0.15, 0.2) is 48.8 Å². The van der Waals surface area contributed by atoms with Gasteiger partial charge in [0.25, 0.3) is 0 Å². The second-order valence-corrected chi connectivity index (χ2v) is 6.39. The van der Waals surface area contributed by atoms with Crippen LogP contribution in [-0.4, -0.2) is 43.3 Å². The fourth-order valence-electron chi connectivity index (χ4n) is 3.40. The minimum absolute atomic E-state index is 0.821. The number of fused-ring (bicyclic) bond motifs is 1. The third-order valence-electron chi connectivity index (χ3n) is 4.77. The van der Waals surface area contributed by atoms with Gasteiger partial charge in [0, 0.05) is 43.3 Å². The summed E-state index contributed by atoms with van der Waals surface area (Å²) in [5, 5.41) is 1.08. The van der Waals surface area contributed by atoms with Gasteiger partial charge < -0.3 is 14.5 Å². The van der Waals surface area contributed by atoms with Crippen molar-refractivity contribution in [3.8, 4) is 5.75 Å². The van der Waals surface area contributed by atoms with E-state index < -0.39 is 0 Å². The highest BCUT2D eigenvalue weighted by molar-refractivity contribution is 5.90. The summed E-state index contributed by atoms with van der Waals surface area (Å²) in [6.45, 7) is 6.02. The van der Waals surface area contributed by atoms with Gasteiger partial charge in [0.15, 0.2) is 0 Å². The molecule has 0 bridgehead atoms. The van der Waals surface area contributed by atoms with Crippen LogP contribution in [0.5, 0.6) is 5.75 Å². The molecule has 0 spiro atoms. The molecule has 1 saturated heterocycles. The Kier molecular flexibility index (Phi) is 4.14. The molecule has 2 aromatic carbocycles. The average molecular weight is 334 g/mol. The first-order chi connectivity index (χ1) is 12.2. The standard InChI is InChI=1S/C20H22N4O/c1-15-4-3-5-16(12-15)23-8-10-24(11-9-23)20-18-7-6-17(25-2)13-19(18)21-14-22-20/h3-7,12-14H,8-11H2,1-2H3. The Bertz CT molecular complexity index is 888. The molecule has 4 rings (SSSR count). The van der Waals surface area contributed by atoms with Crippen molar-refractivity contribution in [2.45, 2.75) is 6.92 Å². The van der Waals surface area contributed by atoms with Crippen LogP contribution >= 0.6 is 0 Å². The van der Waals surface area contributed by atoms with Gasteiger partial charge in [-0.25, -0.2) is 9.97 Å². The zero-order valence-corrected chi connectivity index (χ0v) is 14.6. The highest BCUT2D eigenvalue weighted by atomic mass is 16.5. The van der Waals surface area contributed by atoms with Gasteiger partial charge in [0.2, 0.25) is 0 Å². The summed E-state index contributed by atoms with van der Waals surface area (Å²) in [6, 6.07) is 14.7. The number of anilines is 2. The summed E-state index contributed by atoms with van der Waals surface area (Å²) >= 11 is 0. The van der Waals surface area contributed by atoms with E-state index in [4.69, 9.17) is 4.74 Å². The van der Waals surface area contributed by atoms with Gasteiger partial charge in [0.1, 0.15) is 17.9 Å². The van der Waals surface area contributed by atoms with Crippen molar-refractivity contribution in [2.75, 3.05) is 43.1 Å². The Balaban J connectivity index is 1.55. The summed E-state index contributed by atoms with van der Waals surface area (Å²) in [7, 11) is 1.67. The number of aromatic nitrogens is 2. The quantitative estimate of drug-likeness (QED) is 0.735. The lowest BCUT2D eigenvalue weighted by Crippen LogP contribution is -2.46. The Labute approximate surface area is 147 Å². The van der Waals surface area contributed by atoms with E-state index in [2.05, 4.69) is 57.0 Å². The molecule has 1 aliphatic rings. The molecule has 3 aromatic rings. The van der Waals surface area contributed by atoms with Crippen molar-refractivity contribution >= 4 is 22.4 Å². The number of ether oxygens (including phenoxy) is 1. The van der Waals surface area contributed by atoms with Gasteiger partial charge in [0.05, 0.1) is 12.6 Å². The SMILES string of the molecule is COc1ccc2c(N3CCN(c4cccc(C)c4)CC3)ncnc2c1. The molecular weight excluding hydrogens is 312 g/mol. The van der Waals surface area contributed by atoms with Crippen LogP contribution in [-0.2, 0) is 0 Å². The molecule has 128 valence electrons. The molecule has 0 aliphatic carbocycles. The van der Waals surface area contributed by atoms with Crippen LogP contribution < -0.4 is 14.5 Å². The Morgan fingerprint density at radius 2 is 1.72 bits per heavy atom. The molecule has 1 fully saturated rings. The molecule has 5 heteroatoms. The van der Waals surface area contributed by atoms with Crippen molar-refractivity contribution in [3.05, 3.63) is 54.4 Å². The van der Waals surface area contributed by atoms with Gasteiger partial charge in [-0.15, -0.1) is 0 Å². The van der Waals surface area contributed by atoms with Crippen molar-refractivity contribution < 1.29 is 4.74 Å². The van der Waals surface area contributed by atoms with Crippen LogP contribution in [0.1, 0.15) is 5.56 Å². The van der Waals surface area contributed by atoms with Gasteiger partial charge in [-0.1, -0.05) is 12.1 Å². The van der Waals surface area contributed by atoms with E-state index in [-0.39, 0.29) is 0 Å². The third kappa shape index (κ3) is 3.09. The summed E-state index contributed by atoms with van der Waals surface area (Å²) in [6.07, 6.45) is 1.64. The monoisotopic (exact) mass is 334 g/mol. The molecule has 0 radical (unpaired) electrons. The maximum atomic E-state index is 5.30. The topological polar surface area (TPSA) is 41.5 Å². The molecule has 1 aromatic heterocycles. The number of rotatable bonds is 3. The number of benzene rings is 2. The number of nitrogens with zero attached hydrogens (tertiary/aromatic N) is 4. The maximum Gasteiger partial charge on any atom is 0.140 e. The fraction of sp³-hybridized carbons (Fsp3) is 0.300. The Hall–Kier alpha value is -2.82. The number of hydrogen-bond donors (Lipinski definition) is 0. The van der Waals surface area contributed by atoms with E-state index in [9.17, 15) is 0 Å². The molecule has 0 saturated carbocycles. The predicted octanol–water partition coefficient (Wildman–Crippen LogP) is 3.27. The number of methoxy groups -OCH3 is 1. The number of aryl methyl sites for hydroxylation is 1. The van der Waals surface area contributed by atoms with Crippen molar-refractivity contribution in [1.29, 1.82) is 0 Å². The fourth-order valence-corrected chi connectivity index (χ4v) is 3.40. The lowest BCUT2D eigenvalue weighted by Gasteiger charge is -2.37. The number of piperazine rings is 1. The van der Waals surface area contributed by atoms with E-state index in [0.29, 0.717) is 0 Å². The maximum absolute atomic E-state index is 5.30. The van der Waals surface area contributed by atoms with Gasteiger partial charge >= 0.3 is 0 Å². The van der Waals surface area contributed by atoms with E-state index >= 15 is 0 Å². The van der Waals surface area contributed by atoms with Gasteiger partial charge in [-0.05, 0) is 36.8 Å². The molecule has 1 aliphatic heterocycles. The third-order valence-corrected chi connectivity index (χ3v) is 4.77. The first kappa shape index (κ1) is 15.7. The van der Waals surface area contributed by atoms with Crippen molar-refractivity contribution in [3.63, 3.8) is 0 Å². The van der Waals surface area contributed by atoms with Crippen LogP contribution in [0, 0.1) is 6.92 Å². The van der Waals surface area contributed by atoms with E-state index in [1.54, 1.807) is 13.4 Å². The molecule has 5 nitrogen and oxygen atoms in total. The first-order valence-electron chi connectivity index (χ1n) is 8.60. The van der Waals surface area contributed by atoms with E-state index in [0.717, 1.165) is 48.6 Å². The zero-order chi connectivity index (χ0) is 17.2. The van der Waals surface area contributed by atoms with Gasteiger partial charge in [-0.2, -0.15) is 0 Å². The smallest absolute Gasteiger partial charge is 0.140 e. The molecular formula is C20H22N4O. The summed E-state index contributed by atoms with van der Waals surface area (Å²) in [4.78, 5) is 13.7. The molecule has 0 N–H and O–H groups in total. The molecule has 2 heterocycles. The minimum Gasteiger partial charge on any atom is -0.497 e. The molecule has 25 heavy (non-hydrogen) atoms. The molecule has 0 atom stereocenters. The molecule has 0 amide bonds. The summed E-state index contributed by atoms with van der Waals surface area (Å²) in [5.74, 6) is 1.83. The minimum atomic E-state index is 0.821. The summed E-state index contributed by atoms with van der Waals surface area (Å²) in [5.41, 5.74) is 3.53. The van der Waals surface area contributed by atoms with Crippen molar-refractivity contribution in [2.24, 2.45) is 0 Å². The molecule has 0 unspecified atom stereocenters. The Morgan fingerprint density at radius 3 is 2.48 bits per heavy atom. The van der Waals surface area contributed by atoms with Crippen molar-refractivity contribution in [1.82, 2.24) is 9.97 Å². The van der Waals surface area contributed by atoms with Crippen LogP contribution in [0.4, 0.5) is 11.5 Å². The lowest BCUT2D eigenvalue weighted by atomic mass is 10.1. The summed E-state index contributed by atoms with van der Waals surface area (Å²) < 4.78 is 5.30. The largest absolute Gasteiger partial charge is 0.497 e. The number of hydrogen-bond acceptors (Lipinski definition) is 5. The predicted molar refractivity (Wildman–Crippen MR) is 102 cm³/mol. The average Bonchev–Trinajstić information content (AvgIpc) is 2.67. The Morgan fingerprint density at radius 1 is 0.920 bits per heavy atom. The van der Waals surface area contributed by atoms with Crippen LogP contribution in [0.3, 0.4) is 0 Å².